The van der Waals surface area contributed by atoms with Crippen LogP contribution < -0.4 is 10.6 Å². The Kier molecular flexibility index (Phi) is 9.68. The van der Waals surface area contributed by atoms with Crippen LogP contribution in [0.1, 0.15) is 53.4 Å². The fraction of sp³-hybridized carbons (Fsp3) is 0.286. The molecule has 0 unspecified atom stereocenters. The summed E-state index contributed by atoms with van der Waals surface area (Å²) in [6.45, 7) is 7.71. The van der Waals surface area contributed by atoms with Gasteiger partial charge in [-0.2, -0.15) is 0 Å². The molecular formula is C28H32ClN3O2. The predicted octanol–water partition coefficient (Wildman–Crippen LogP) is 5.36. The normalized spacial score (nSPS) is 11.8. The number of amides is 2. The Balaban J connectivity index is 1.61. The van der Waals surface area contributed by atoms with Crippen LogP contribution in [0.5, 0.6) is 0 Å². The Morgan fingerprint density at radius 2 is 1.47 bits per heavy atom. The summed E-state index contributed by atoms with van der Waals surface area (Å²) in [7, 11) is 0. The minimum atomic E-state index is -0.471. The lowest BCUT2D eigenvalue weighted by Gasteiger charge is -2.20. The Hall–Kier alpha value is -3.15. The van der Waals surface area contributed by atoms with E-state index in [4.69, 9.17) is 11.6 Å². The largest absolute Gasteiger partial charge is 0.352 e. The van der Waals surface area contributed by atoms with Crippen LogP contribution in [0.2, 0.25) is 5.02 Å². The van der Waals surface area contributed by atoms with E-state index in [0.29, 0.717) is 17.1 Å². The van der Waals surface area contributed by atoms with E-state index in [1.165, 1.54) is 5.56 Å². The van der Waals surface area contributed by atoms with Gasteiger partial charge in [-0.25, -0.2) is 0 Å². The molecule has 0 bridgehead atoms. The third-order valence-corrected chi connectivity index (χ3v) is 6.16. The van der Waals surface area contributed by atoms with E-state index < -0.39 is 6.04 Å². The van der Waals surface area contributed by atoms with Crippen molar-refractivity contribution in [3.63, 3.8) is 0 Å². The standard InChI is InChI=1S/C28H32ClN3O2/c1-3-32(4-2)20-22-16-14-21(15-17-22)19-30-27(33)18-26(23-10-6-5-7-11-23)31-28(34)24-12-8-9-13-25(24)29/h5-17,26H,3-4,18-20H2,1-2H3,(H,30,33)(H,31,34)/t26-/m1/s1. The van der Waals surface area contributed by atoms with Crippen molar-refractivity contribution >= 4 is 23.4 Å². The van der Waals surface area contributed by atoms with Gasteiger partial charge < -0.3 is 10.6 Å². The SMILES string of the molecule is CCN(CC)Cc1ccc(CNC(=O)C[C@@H](NC(=O)c2ccccc2Cl)c2ccccc2)cc1. The molecular weight excluding hydrogens is 446 g/mol. The predicted molar refractivity (Wildman–Crippen MR) is 138 cm³/mol. The van der Waals surface area contributed by atoms with Crippen molar-refractivity contribution in [3.8, 4) is 0 Å². The van der Waals surface area contributed by atoms with Gasteiger partial charge in [-0.1, -0.05) is 92.2 Å². The monoisotopic (exact) mass is 477 g/mol. The topological polar surface area (TPSA) is 61.4 Å². The Morgan fingerprint density at radius 3 is 2.12 bits per heavy atom. The summed E-state index contributed by atoms with van der Waals surface area (Å²) in [4.78, 5) is 28.0. The van der Waals surface area contributed by atoms with Crippen molar-refractivity contribution in [1.29, 1.82) is 0 Å². The molecule has 1 atom stereocenters. The highest BCUT2D eigenvalue weighted by molar-refractivity contribution is 6.33. The second-order valence-electron chi connectivity index (χ2n) is 8.18. The van der Waals surface area contributed by atoms with Crippen LogP contribution in [0.25, 0.3) is 0 Å². The number of hydrogen-bond acceptors (Lipinski definition) is 3. The van der Waals surface area contributed by atoms with Gasteiger partial charge in [-0.3, -0.25) is 14.5 Å². The fourth-order valence-electron chi connectivity index (χ4n) is 3.75. The van der Waals surface area contributed by atoms with Crippen LogP contribution in [-0.2, 0) is 17.9 Å². The van der Waals surface area contributed by atoms with Crippen LogP contribution in [0, 0.1) is 0 Å². The average molecular weight is 478 g/mol. The highest BCUT2D eigenvalue weighted by Crippen LogP contribution is 2.20. The lowest BCUT2D eigenvalue weighted by atomic mass is 10.0. The van der Waals surface area contributed by atoms with E-state index in [2.05, 4.69) is 41.5 Å². The number of benzene rings is 3. The maximum Gasteiger partial charge on any atom is 0.253 e. The molecule has 0 saturated heterocycles. The van der Waals surface area contributed by atoms with E-state index in [0.717, 1.165) is 30.8 Å². The molecule has 0 aliphatic heterocycles. The molecule has 34 heavy (non-hydrogen) atoms. The van der Waals surface area contributed by atoms with Gasteiger partial charge >= 0.3 is 0 Å². The maximum absolute atomic E-state index is 12.8. The van der Waals surface area contributed by atoms with Gasteiger partial charge in [0.2, 0.25) is 5.91 Å². The Bertz CT molecular complexity index is 1070. The number of carbonyl (C=O) groups is 2. The smallest absolute Gasteiger partial charge is 0.253 e. The molecule has 2 amide bonds. The third-order valence-electron chi connectivity index (χ3n) is 5.83. The Morgan fingerprint density at radius 1 is 0.853 bits per heavy atom. The van der Waals surface area contributed by atoms with Gasteiger partial charge in [0.05, 0.1) is 23.0 Å². The zero-order valence-corrected chi connectivity index (χ0v) is 20.5. The van der Waals surface area contributed by atoms with Crippen molar-refractivity contribution in [2.75, 3.05) is 13.1 Å². The first-order valence-electron chi connectivity index (χ1n) is 11.7. The van der Waals surface area contributed by atoms with Gasteiger partial charge in [-0.05, 0) is 41.9 Å². The van der Waals surface area contributed by atoms with E-state index in [1.54, 1.807) is 24.3 Å². The molecule has 3 aromatic rings. The first kappa shape index (κ1) is 25.5. The number of halogens is 1. The summed E-state index contributed by atoms with van der Waals surface area (Å²) in [5, 5.41) is 6.32. The lowest BCUT2D eigenvalue weighted by Crippen LogP contribution is -2.33. The van der Waals surface area contributed by atoms with E-state index >= 15 is 0 Å². The molecule has 0 aromatic heterocycles. The van der Waals surface area contributed by atoms with Gasteiger partial charge in [0, 0.05) is 13.1 Å². The minimum absolute atomic E-state index is 0.125. The molecule has 0 saturated carbocycles. The molecule has 0 heterocycles. The van der Waals surface area contributed by atoms with Crippen molar-refractivity contribution < 1.29 is 9.59 Å². The number of carbonyl (C=O) groups excluding carboxylic acids is 2. The molecule has 0 fully saturated rings. The fourth-order valence-corrected chi connectivity index (χ4v) is 3.97. The van der Waals surface area contributed by atoms with Gasteiger partial charge in [0.1, 0.15) is 0 Å². The summed E-state index contributed by atoms with van der Waals surface area (Å²) >= 11 is 6.18. The van der Waals surface area contributed by atoms with Crippen LogP contribution >= 0.6 is 11.6 Å². The quantitative estimate of drug-likeness (QED) is 0.391. The zero-order valence-electron chi connectivity index (χ0n) is 19.8. The molecule has 0 aliphatic rings. The summed E-state index contributed by atoms with van der Waals surface area (Å²) in [6.07, 6.45) is 0.125. The van der Waals surface area contributed by atoms with Crippen molar-refractivity contribution in [2.45, 2.75) is 39.4 Å². The first-order chi connectivity index (χ1) is 16.5. The zero-order chi connectivity index (χ0) is 24.3. The molecule has 5 nitrogen and oxygen atoms in total. The van der Waals surface area contributed by atoms with Gasteiger partial charge in [0.25, 0.3) is 5.91 Å². The van der Waals surface area contributed by atoms with E-state index in [1.807, 2.05) is 42.5 Å². The molecule has 6 heteroatoms. The highest BCUT2D eigenvalue weighted by atomic mass is 35.5. The molecule has 3 aromatic carbocycles. The van der Waals surface area contributed by atoms with Gasteiger partial charge in [-0.15, -0.1) is 0 Å². The van der Waals surface area contributed by atoms with Crippen molar-refractivity contribution in [3.05, 3.63) is 106 Å². The molecule has 3 rings (SSSR count). The summed E-state index contributed by atoms with van der Waals surface area (Å²) in [5.74, 6) is -0.448. The molecule has 0 aliphatic carbocycles. The average Bonchev–Trinajstić information content (AvgIpc) is 2.87. The van der Waals surface area contributed by atoms with Crippen LogP contribution in [0.3, 0.4) is 0 Å². The molecule has 0 spiro atoms. The van der Waals surface area contributed by atoms with Crippen molar-refractivity contribution in [1.82, 2.24) is 15.5 Å². The second kappa shape index (κ2) is 12.9. The van der Waals surface area contributed by atoms with Crippen LogP contribution in [0.15, 0.2) is 78.9 Å². The molecule has 2 N–H and O–H groups in total. The number of hydrogen-bond donors (Lipinski definition) is 2. The summed E-state index contributed by atoms with van der Waals surface area (Å²) in [6, 6.07) is 24.2. The second-order valence-corrected chi connectivity index (χ2v) is 8.58. The molecule has 0 radical (unpaired) electrons. The Labute approximate surface area is 207 Å². The van der Waals surface area contributed by atoms with Crippen LogP contribution in [0.4, 0.5) is 0 Å². The maximum atomic E-state index is 12.8. The summed E-state index contributed by atoms with van der Waals surface area (Å²) in [5.41, 5.74) is 3.53. The first-order valence-corrected chi connectivity index (χ1v) is 12.0. The third kappa shape index (κ3) is 7.44. The van der Waals surface area contributed by atoms with E-state index in [9.17, 15) is 9.59 Å². The van der Waals surface area contributed by atoms with E-state index in [-0.39, 0.29) is 18.2 Å². The minimum Gasteiger partial charge on any atom is -0.352 e. The highest BCUT2D eigenvalue weighted by Gasteiger charge is 2.20. The molecule has 178 valence electrons. The lowest BCUT2D eigenvalue weighted by molar-refractivity contribution is -0.121. The number of nitrogens with one attached hydrogen (secondary N) is 2. The number of rotatable bonds is 11. The van der Waals surface area contributed by atoms with Gasteiger partial charge in [0.15, 0.2) is 0 Å². The summed E-state index contributed by atoms with van der Waals surface area (Å²) < 4.78 is 0. The number of nitrogens with zero attached hydrogens (tertiary/aromatic N) is 1. The van der Waals surface area contributed by atoms with Crippen molar-refractivity contribution in [2.24, 2.45) is 0 Å². The van der Waals surface area contributed by atoms with Crippen LogP contribution in [-0.4, -0.2) is 29.8 Å².